The van der Waals surface area contributed by atoms with Crippen molar-refractivity contribution in [2.24, 2.45) is 0 Å². The van der Waals surface area contributed by atoms with Gasteiger partial charge in [0.05, 0.1) is 0 Å². The number of phenolic OH excluding ortho intramolecular Hbond substituents is 1. The lowest BCUT2D eigenvalue weighted by atomic mass is 10.1. The van der Waals surface area contributed by atoms with Gasteiger partial charge in [0.1, 0.15) is 11.6 Å². The van der Waals surface area contributed by atoms with Crippen molar-refractivity contribution >= 4 is 0 Å². The highest BCUT2D eigenvalue weighted by Crippen LogP contribution is 2.18. The zero-order chi connectivity index (χ0) is 13.0. The molecule has 94 valence electrons. The van der Waals surface area contributed by atoms with E-state index in [0.717, 1.165) is 11.1 Å². The number of halogens is 1. The number of aromatic hydroxyl groups is 1. The highest BCUT2D eigenvalue weighted by molar-refractivity contribution is 5.31. The summed E-state index contributed by atoms with van der Waals surface area (Å²) in [5.41, 5.74) is 1.73. The summed E-state index contributed by atoms with van der Waals surface area (Å²) in [6.45, 7) is 2.51. The lowest BCUT2D eigenvalue weighted by molar-refractivity contribution is 0.460. The van der Waals surface area contributed by atoms with Gasteiger partial charge in [-0.15, -0.1) is 0 Å². The maximum atomic E-state index is 13.1. The summed E-state index contributed by atoms with van der Waals surface area (Å²) >= 11 is 0. The van der Waals surface area contributed by atoms with Crippen molar-refractivity contribution in [1.29, 1.82) is 0 Å². The van der Waals surface area contributed by atoms with Gasteiger partial charge in [-0.05, 0) is 30.7 Å². The Morgan fingerprint density at radius 1 is 1.17 bits per heavy atom. The standard InChI is InChI=1S/C15H16FNO/c1-11(12-6-4-7-14(16)9-12)17-10-13-5-2-3-8-15(13)18/h2-9,11,17-18H,10H2,1H3/t11-/m1/s1. The van der Waals surface area contributed by atoms with Crippen LogP contribution in [0.2, 0.25) is 0 Å². The smallest absolute Gasteiger partial charge is 0.123 e. The van der Waals surface area contributed by atoms with Gasteiger partial charge in [0.2, 0.25) is 0 Å². The number of nitrogens with one attached hydrogen (secondary N) is 1. The zero-order valence-corrected chi connectivity index (χ0v) is 10.2. The van der Waals surface area contributed by atoms with Crippen molar-refractivity contribution in [2.75, 3.05) is 0 Å². The molecule has 0 bridgehead atoms. The van der Waals surface area contributed by atoms with Crippen LogP contribution >= 0.6 is 0 Å². The Hall–Kier alpha value is -1.87. The number of phenols is 1. The second-order valence-electron chi connectivity index (χ2n) is 4.29. The molecule has 0 saturated carbocycles. The van der Waals surface area contributed by atoms with Gasteiger partial charge in [-0.1, -0.05) is 30.3 Å². The van der Waals surface area contributed by atoms with E-state index in [-0.39, 0.29) is 17.6 Å². The minimum atomic E-state index is -0.233. The van der Waals surface area contributed by atoms with E-state index in [9.17, 15) is 9.50 Å². The molecule has 1 atom stereocenters. The minimum Gasteiger partial charge on any atom is -0.508 e. The van der Waals surface area contributed by atoms with Gasteiger partial charge in [0.15, 0.2) is 0 Å². The lowest BCUT2D eigenvalue weighted by Gasteiger charge is -2.15. The molecule has 2 aromatic carbocycles. The topological polar surface area (TPSA) is 32.3 Å². The summed E-state index contributed by atoms with van der Waals surface area (Å²) in [5, 5.41) is 12.9. The molecule has 0 amide bonds. The molecule has 0 aliphatic rings. The van der Waals surface area contributed by atoms with E-state index in [1.54, 1.807) is 18.2 Å². The molecule has 0 fully saturated rings. The number of para-hydroxylation sites is 1. The molecule has 0 aliphatic heterocycles. The SMILES string of the molecule is C[C@@H](NCc1ccccc1O)c1cccc(F)c1. The molecule has 0 aliphatic carbocycles. The molecule has 2 aromatic rings. The van der Waals surface area contributed by atoms with Gasteiger partial charge < -0.3 is 10.4 Å². The minimum absolute atomic E-state index is 0.0281. The predicted molar refractivity (Wildman–Crippen MR) is 69.8 cm³/mol. The quantitative estimate of drug-likeness (QED) is 0.865. The molecule has 18 heavy (non-hydrogen) atoms. The van der Waals surface area contributed by atoms with Crippen LogP contribution < -0.4 is 5.32 Å². The normalized spacial score (nSPS) is 12.3. The largest absolute Gasteiger partial charge is 0.508 e. The van der Waals surface area contributed by atoms with Crippen molar-refractivity contribution in [1.82, 2.24) is 5.32 Å². The second kappa shape index (κ2) is 5.65. The van der Waals surface area contributed by atoms with Crippen molar-refractivity contribution in [3.63, 3.8) is 0 Å². The van der Waals surface area contributed by atoms with Gasteiger partial charge in [-0.25, -0.2) is 4.39 Å². The van der Waals surface area contributed by atoms with E-state index in [0.29, 0.717) is 6.54 Å². The van der Waals surface area contributed by atoms with Gasteiger partial charge in [-0.2, -0.15) is 0 Å². The number of rotatable bonds is 4. The Morgan fingerprint density at radius 3 is 2.67 bits per heavy atom. The Balaban J connectivity index is 2.00. The molecule has 0 radical (unpaired) electrons. The Labute approximate surface area is 106 Å². The fourth-order valence-corrected chi connectivity index (χ4v) is 1.82. The summed E-state index contributed by atoms with van der Waals surface area (Å²) in [5.74, 6) is 0.0418. The third-order valence-electron chi connectivity index (χ3n) is 2.94. The van der Waals surface area contributed by atoms with Gasteiger partial charge in [0.25, 0.3) is 0 Å². The Morgan fingerprint density at radius 2 is 1.94 bits per heavy atom. The van der Waals surface area contributed by atoms with Crippen LogP contribution in [0, 0.1) is 5.82 Å². The second-order valence-corrected chi connectivity index (χ2v) is 4.29. The average Bonchev–Trinajstić information content (AvgIpc) is 2.37. The van der Waals surface area contributed by atoms with Gasteiger partial charge in [0, 0.05) is 18.2 Å². The first kappa shape index (κ1) is 12.6. The van der Waals surface area contributed by atoms with E-state index in [1.807, 2.05) is 25.1 Å². The number of benzene rings is 2. The average molecular weight is 245 g/mol. The van der Waals surface area contributed by atoms with Crippen molar-refractivity contribution in [3.05, 3.63) is 65.5 Å². The van der Waals surface area contributed by atoms with Crippen molar-refractivity contribution in [2.45, 2.75) is 19.5 Å². The predicted octanol–water partition coefficient (Wildman–Crippen LogP) is 3.38. The lowest BCUT2D eigenvalue weighted by Crippen LogP contribution is -2.18. The summed E-state index contributed by atoms with van der Waals surface area (Å²) < 4.78 is 13.1. The monoisotopic (exact) mass is 245 g/mol. The third kappa shape index (κ3) is 3.08. The van der Waals surface area contributed by atoms with Crippen LogP contribution in [0.4, 0.5) is 4.39 Å². The Kier molecular flexibility index (Phi) is 3.95. The highest BCUT2D eigenvalue weighted by Gasteiger charge is 2.07. The number of hydrogen-bond donors (Lipinski definition) is 2. The molecule has 2 nitrogen and oxygen atoms in total. The first-order valence-electron chi connectivity index (χ1n) is 5.92. The summed E-state index contributed by atoms with van der Waals surface area (Å²) in [7, 11) is 0. The molecule has 2 N–H and O–H groups in total. The molecular weight excluding hydrogens is 229 g/mol. The van der Waals surface area contributed by atoms with Crippen LogP contribution in [0.25, 0.3) is 0 Å². The maximum absolute atomic E-state index is 13.1. The van der Waals surface area contributed by atoms with E-state index in [2.05, 4.69) is 5.32 Å². The van der Waals surface area contributed by atoms with E-state index < -0.39 is 0 Å². The van der Waals surface area contributed by atoms with Crippen LogP contribution in [0.1, 0.15) is 24.1 Å². The van der Waals surface area contributed by atoms with Gasteiger partial charge >= 0.3 is 0 Å². The molecular formula is C15H16FNO. The maximum Gasteiger partial charge on any atom is 0.123 e. The van der Waals surface area contributed by atoms with Gasteiger partial charge in [-0.3, -0.25) is 0 Å². The molecule has 2 rings (SSSR count). The molecule has 0 spiro atoms. The molecule has 0 unspecified atom stereocenters. The van der Waals surface area contributed by atoms with Crippen LogP contribution in [0.3, 0.4) is 0 Å². The molecule has 3 heteroatoms. The van der Waals surface area contributed by atoms with Crippen molar-refractivity contribution in [3.8, 4) is 5.75 Å². The van der Waals surface area contributed by atoms with E-state index in [1.165, 1.54) is 12.1 Å². The first-order valence-corrected chi connectivity index (χ1v) is 5.92. The van der Waals surface area contributed by atoms with Crippen LogP contribution in [-0.2, 0) is 6.54 Å². The van der Waals surface area contributed by atoms with Crippen LogP contribution in [0.15, 0.2) is 48.5 Å². The first-order chi connectivity index (χ1) is 8.66. The number of hydrogen-bond acceptors (Lipinski definition) is 2. The van der Waals surface area contributed by atoms with Crippen LogP contribution in [-0.4, -0.2) is 5.11 Å². The third-order valence-corrected chi connectivity index (χ3v) is 2.94. The van der Waals surface area contributed by atoms with Crippen molar-refractivity contribution < 1.29 is 9.50 Å². The van der Waals surface area contributed by atoms with Crippen LogP contribution in [0.5, 0.6) is 5.75 Å². The fraction of sp³-hybridized carbons (Fsp3) is 0.200. The Bertz CT molecular complexity index is 527. The van der Waals surface area contributed by atoms with E-state index in [4.69, 9.17) is 0 Å². The molecule has 0 heterocycles. The summed E-state index contributed by atoms with van der Waals surface area (Å²) in [4.78, 5) is 0. The zero-order valence-electron chi connectivity index (χ0n) is 10.2. The highest BCUT2D eigenvalue weighted by atomic mass is 19.1. The summed E-state index contributed by atoms with van der Waals surface area (Å²) in [6.07, 6.45) is 0. The fourth-order valence-electron chi connectivity index (χ4n) is 1.82. The summed E-state index contributed by atoms with van der Waals surface area (Å²) in [6, 6.07) is 13.7. The van der Waals surface area contributed by atoms with E-state index >= 15 is 0 Å². The molecule has 0 aromatic heterocycles. The molecule has 0 saturated heterocycles.